The number of nitro groups is 1. The lowest BCUT2D eigenvalue weighted by Crippen LogP contribution is -2.46. The minimum absolute atomic E-state index is 0.0671. The Hall–Kier alpha value is -4.33. The number of nitro benzene ring substituents is 1. The highest BCUT2D eigenvalue weighted by Gasteiger charge is 2.29. The number of benzene rings is 2. The average molecular weight is 516 g/mol. The van der Waals surface area contributed by atoms with Crippen molar-refractivity contribution < 1.29 is 22.8 Å². The predicted molar refractivity (Wildman–Crippen MR) is 130 cm³/mol. The minimum atomic E-state index is -4.56. The van der Waals surface area contributed by atoms with E-state index in [4.69, 9.17) is 4.74 Å². The highest BCUT2D eigenvalue weighted by molar-refractivity contribution is 5.80. The van der Waals surface area contributed by atoms with Crippen molar-refractivity contribution in [3.8, 4) is 6.01 Å². The Morgan fingerprint density at radius 2 is 1.73 bits per heavy atom. The number of anilines is 2. The second-order valence-corrected chi connectivity index (χ2v) is 8.11. The van der Waals surface area contributed by atoms with E-state index in [-0.39, 0.29) is 17.6 Å². The van der Waals surface area contributed by atoms with Gasteiger partial charge in [-0.3, -0.25) is 15.0 Å². The molecule has 3 aromatic rings. The molecule has 0 aliphatic carbocycles. The molecule has 2 heterocycles. The number of ether oxygens (including phenoxy) is 1. The number of aromatic nitrogens is 3. The van der Waals surface area contributed by atoms with Crippen molar-refractivity contribution in [2.75, 3.05) is 43.1 Å². The summed E-state index contributed by atoms with van der Waals surface area (Å²) in [5.74, 6) is 0.0617. The third kappa shape index (κ3) is 7.83. The third-order valence-corrected chi connectivity index (χ3v) is 5.35. The first-order valence-electron chi connectivity index (χ1n) is 11.3. The Morgan fingerprint density at radius 3 is 2.38 bits per heavy atom. The molecule has 0 amide bonds. The van der Waals surface area contributed by atoms with Crippen LogP contribution in [0.2, 0.25) is 0 Å². The first-order valence-corrected chi connectivity index (χ1v) is 11.3. The first kappa shape index (κ1) is 25.8. The van der Waals surface area contributed by atoms with E-state index in [1.54, 1.807) is 0 Å². The zero-order chi connectivity index (χ0) is 26.3. The van der Waals surface area contributed by atoms with Crippen LogP contribution in [0.3, 0.4) is 0 Å². The molecule has 14 heteroatoms. The summed E-state index contributed by atoms with van der Waals surface area (Å²) in [6, 6.07) is 15.2. The van der Waals surface area contributed by atoms with Gasteiger partial charge in [-0.25, -0.2) is 5.43 Å². The summed E-state index contributed by atoms with van der Waals surface area (Å²) in [6.07, 6.45) is -3.19. The molecule has 37 heavy (non-hydrogen) atoms. The van der Waals surface area contributed by atoms with E-state index >= 15 is 0 Å². The first-order chi connectivity index (χ1) is 17.7. The van der Waals surface area contributed by atoms with Crippen molar-refractivity contribution in [1.82, 2.24) is 19.9 Å². The number of hydrogen-bond donors (Lipinski definition) is 1. The van der Waals surface area contributed by atoms with Crippen LogP contribution in [0, 0.1) is 10.1 Å². The van der Waals surface area contributed by atoms with Gasteiger partial charge in [0.05, 0.1) is 11.1 Å². The number of rotatable bonds is 9. The van der Waals surface area contributed by atoms with Gasteiger partial charge < -0.3 is 9.64 Å². The van der Waals surface area contributed by atoms with Gasteiger partial charge in [-0.15, -0.1) is 0 Å². The predicted octanol–water partition coefficient (Wildman–Crippen LogP) is 3.49. The van der Waals surface area contributed by atoms with Gasteiger partial charge in [0, 0.05) is 44.9 Å². The van der Waals surface area contributed by atoms with Crippen LogP contribution in [0.15, 0.2) is 59.7 Å². The van der Waals surface area contributed by atoms with E-state index in [9.17, 15) is 23.3 Å². The van der Waals surface area contributed by atoms with Gasteiger partial charge in [-0.05, 0) is 23.3 Å². The van der Waals surface area contributed by atoms with E-state index in [0.717, 1.165) is 6.54 Å². The van der Waals surface area contributed by atoms with Gasteiger partial charge in [0.1, 0.15) is 0 Å². The fourth-order valence-electron chi connectivity index (χ4n) is 3.54. The maximum Gasteiger partial charge on any atom is 0.422 e. The molecule has 1 aliphatic heterocycles. The Balaban J connectivity index is 1.44. The van der Waals surface area contributed by atoms with Gasteiger partial charge >= 0.3 is 12.2 Å². The normalized spacial score (nSPS) is 14.6. The summed E-state index contributed by atoms with van der Waals surface area (Å²) < 4.78 is 42.8. The Morgan fingerprint density at radius 1 is 1.03 bits per heavy atom. The average Bonchev–Trinajstić information content (AvgIpc) is 2.88. The molecule has 4 rings (SSSR count). The highest BCUT2D eigenvalue weighted by Crippen LogP contribution is 2.21. The van der Waals surface area contributed by atoms with Crippen molar-refractivity contribution >= 4 is 23.8 Å². The quantitative estimate of drug-likeness (QED) is 0.259. The molecule has 0 saturated carbocycles. The molecule has 0 bridgehead atoms. The number of nitrogens with zero attached hydrogens (tertiary/aromatic N) is 7. The SMILES string of the molecule is O=[N+]([O-])c1ccc(C=NNc2nc(OCC(F)(F)F)nc(N3CCN(Cc4ccccc4)CC3)n2)cc1. The second kappa shape index (κ2) is 11.6. The summed E-state index contributed by atoms with van der Waals surface area (Å²) in [6.45, 7) is 1.77. The number of hydrazone groups is 1. The summed E-state index contributed by atoms with van der Waals surface area (Å²) in [5.41, 5.74) is 4.24. The van der Waals surface area contributed by atoms with Crippen LogP contribution in [0.4, 0.5) is 30.8 Å². The zero-order valence-corrected chi connectivity index (χ0v) is 19.5. The maximum absolute atomic E-state index is 12.7. The van der Waals surface area contributed by atoms with Gasteiger partial charge in [0.25, 0.3) is 11.6 Å². The Kier molecular flexibility index (Phi) is 8.08. The lowest BCUT2D eigenvalue weighted by atomic mass is 10.2. The van der Waals surface area contributed by atoms with E-state index in [0.29, 0.717) is 31.7 Å². The lowest BCUT2D eigenvalue weighted by molar-refractivity contribution is -0.384. The monoisotopic (exact) mass is 516 g/mol. The van der Waals surface area contributed by atoms with E-state index in [1.807, 2.05) is 23.1 Å². The highest BCUT2D eigenvalue weighted by atomic mass is 19.4. The van der Waals surface area contributed by atoms with Crippen molar-refractivity contribution in [3.05, 3.63) is 75.8 Å². The number of non-ortho nitro benzene ring substituents is 1. The second-order valence-electron chi connectivity index (χ2n) is 8.11. The molecular formula is C23H23F3N8O3. The molecular weight excluding hydrogens is 493 g/mol. The zero-order valence-electron chi connectivity index (χ0n) is 19.5. The third-order valence-electron chi connectivity index (χ3n) is 5.35. The summed E-state index contributed by atoms with van der Waals surface area (Å²) in [4.78, 5) is 26.6. The van der Waals surface area contributed by atoms with Gasteiger partial charge in [-0.2, -0.15) is 33.2 Å². The number of alkyl halides is 3. The van der Waals surface area contributed by atoms with E-state index in [1.165, 1.54) is 36.0 Å². The van der Waals surface area contributed by atoms with Crippen molar-refractivity contribution in [1.29, 1.82) is 0 Å². The Labute approximate surface area is 209 Å². The molecule has 0 atom stereocenters. The molecule has 1 N–H and O–H groups in total. The summed E-state index contributed by atoms with van der Waals surface area (Å²) in [5, 5.41) is 14.7. The van der Waals surface area contributed by atoms with Gasteiger partial charge in [0.15, 0.2) is 6.61 Å². The largest absolute Gasteiger partial charge is 0.454 e. The summed E-state index contributed by atoms with van der Waals surface area (Å²) in [7, 11) is 0. The summed E-state index contributed by atoms with van der Waals surface area (Å²) >= 11 is 0. The molecule has 0 radical (unpaired) electrons. The number of halogens is 3. The molecule has 1 aliphatic rings. The topological polar surface area (TPSA) is 122 Å². The lowest BCUT2D eigenvalue weighted by Gasteiger charge is -2.34. The van der Waals surface area contributed by atoms with Crippen molar-refractivity contribution in [3.63, 3.8) is 0 Å². The van der Waals surface area contributed by atoms with E-state index < -0.39 is 23.7 Å². The van der Waals surface area contributed by atoms with Crippen LogP contribution in [0.25, 0.3) is 0 Å². The minimum Gasteiger partial charge on any atom is -0.454 e. The maximum atomic E-state index is 12.7. The van der Waals surface area contributed by atoms with Gasteiger partial charge in [0.2, 0.25) is 5.95 Å². The molecule has 0 spiro atoms. The van der Waals surface area contributed by atoms with Crippen LogP contribution in [0.5, 0.6) is 6.01 Å². The standard InChI is InChI=1S/C23H23F3N8O3/c24-23(25,26)16-37-22-29-20(31-27-14-17-6-8-19(9-7-17)34(35)36)28-21(30-22)33-12-10-32(11-13-33)15-18-4-2-1-3-5-18/h1-9,14H,10-13,15-16H2,(H,28,29,30,31). The van der Waals surface area contributed by atoms with Crippen molar-refractivity contribution in [2.24, 2.45) is 5.10 Å². The molecule has 11 nitrogen and oxygen atoms in total. The molecule has 2 aromatic carbocycles. The van der Waals surface area contributed by atoms with Crippen LogP contribution >= 0.6 is 0 Å². The van der Waals surface area contributed by atoms with Gasteiger partial charge in [-0.1, -0.05) is 30.3 Å². The van der Waals surface area contributed by atoms with Crippen LogP contribution in [-0.4, -0.2) is 70.0 Å². The van der Waals surface area contributed by atoms with E-state index in [2.05, 4.69) is 42.5 Å². The number of hydrogen-bond acceptors (Lipinski definition) is 10. The molecule has 1 aromatic heterocycles. The van der Waals surface area contributed by atoms with Crippen molar-refractivity contribution in [2.45, 2.75) is 12.7 Å². The molecule has 1 fully saturated rings. The van der Waals surface area contributed by atoms with Crippen LogP contribution in [-0.2, 0) is 6.54 Å². The molecule has 0 unspecified atom stereocenters. The Bertz CT molecular complexity index is 1220. The van der Waals surface area contributed by atoms with Crippen LogP contribution in [0.1, 0.15) is 11.1 Å². The smallest absolute Gasteiger partial charge is 0.422 e. The number of piperazine rings is 1. The number of nitrogens with one attached hydrogen (secondary N) is 1. The van der Waals surface area contributed by atoms with Crippen LogP contribution < -0.4 is 15.1 Å². The fraction of sp³-hybridized carbons (Fsp3) is 0.304. The molecule has 194 valence electrons. The fourth-order valence-corrected chi connectivity index (χ4v) is 3.54. The molecule has 1 saturated heterocycles.